The number of benzene rings is 2. The molecule has 2 fully saturated rings. The summed E-state index contributed by atoms with van der Waals surface area (Å²) in [7, 11) is 0. The van der Waals surface area contributed by atoms with E-state index in [1.54, 1.807) is 11.6 Å². The lowest BCUT2D eigenvalue weighted by atomic mass is 9.91. The van der Waals surface area contributed by atoms with Gasteiger partial charge in [-0.2, -0.15) is 18.3 Å². The topological polar surface area (TPSA) is 122 Å². The number of hydrogen-bond acceptors (Lipinski definition) is 10. The van der Waals surface area contributed by atoms with Gasteiger partial charge >= 0.3 is 6.18 Å². The number of thiazole rings is 1. The Hall–Kier alpha value is -3.44. The summed E-state index contributed by atoms with van der Waals surface area (Å²) in [6.07, 6.45) is -8.28. The fourth-order valence-corrected chi connectivity index (χ4v) is 6.58. The van der Waals surface area contributed by atoms with Crippen molar-refractivity contribution >= 4 is 34.5 Å². The van der Waals surface area contributed by atoms with Crippen LogP contribution in [0.2, 0.25) is 10.2 Å². The Labute approximate surface area is 267 Å². The number of aromatic nitrogens is 7. The fourth-order valence-electron chi connectivity index (χ4n) is 5.52. The molecule has 1 N–H and O–H groups in total. The van der Waals surface area contributed by atoms with Crippen molar-refractivity contribution in [3.8, 4) is 16.4 Å². The standard InChI is InChI=1S/C28H22Cl2F3N7O4S/c1-13-34-25(40(37-13)18-9-15(29)7-8-16(18)28(31,32)33)24-22(41)21(39-10-17(36-38-39)26-35-20(30)12-45-26)23-19(43-24)11-42-27(44-23)14-5-3-2-4-6-14/h2-10,12,19,21-24,27,41H,11H2,1H3/t19?,21?,22?,23-,24+,27?/m0/s1. The lowest BCUT2D eigenvalue weighted by molar-refractivity contribution is -0.319. The third-order valence-corrected chi connectivity index (χ3v) is 8.87. The molecule has 4 unspecified atom stereocenters. The third-order valence-electron chi connectivity index (χ3n) is 7.45. The summed E-state index contributed by atoms with van der Waals surface area (Å²) in [4.78, 5) is 8.65. The molecule has 2 aliphatic heterocycles. The van der Waals surface area contributed by atoms with Gasteiger partial charge in [0.25, 0.3) is 0 Å². The molecule has 5 aromatic rings. The van der Waals surface area contributed by atoms with Crippen molar-refractivity contribution in [2.75, 3.05) is 6.61 Å². The third kappa shape index (κ3) is 5.73. The van der Waals surface area contributed by atoms with Crippen molar-refractivity contribution in [1.82, 2.24) is 34.7 Å². The first-order chi connectivity index (χ1) is 21.6. The maximum atomic E-state index is 14.1. The van der Waals surface area contributed by atoms with E-state index >= 15 is 0 Å². The summed E-state index contributed by atoms with van der Waals surface area (Å²) >= 11 is 13.4. The minimum atomic E-state index is -4.73. The van der Waals surface area contributed by atoms with E-state index in [1.807, 2.05) is 30.3 Å². The maximum absolute atomic E-state index is 14.1. The molecule has 45 heavy (non-hydrogen) atoms. The Morgan fingerprint density at radius 1 is 1.07 bits per heavy atom. The van der Waals surface area contributed by atoms with E-state index < -0.39 is 48.5 Å². The molecule has 0 radical (unpaired) electrons. The fraction of sp³-hybridized carbons (Fsp3) is 0.321. The van der Waals surface area contributed by atoms with E-state index in [-0.39, 0.29) is 29.0 Å². The molecule has 3 aromatic heterocycles. The van der Waals surface area contributed by atoms with Crippen LogP contribution in [0, 0.1) is 6.92 Å². The number of aryl methyl sites for hydroxylation is 1. The lowest BCUT2D eigenvalue weighted by Crippen LogP contribution is -2.57. The molecule has 6 atom stereocenters. The van der Waals surface area contributed by atoms with Gasteiger partial charge in [-0.25, -0.2) is 19.3 Å². The molecule has 0 aliphatic carbocycles. The van der Waals surface area contributed by atoms with Crippen molar-refractivity contribution in [3.63, 3.8) is 0 Å². The molecule has 7 rings (SSSR count). The highest BCUT2D eigenvalue weighted by atomic mass is 35.5. The van der Waals surface area contributed by atoms with E-state index in [4.69, 9.17) is 37.4 Å². The number of nitrogens with zero attached hydrogens (tertiary/aromatic N) is 7. The van der Waals surface area contributed by atoms with E-state index in [2.05, 4.69) is 25.4 Å². The van der Waals surface area contributed by atoms with Crippen LogP contribution in [0.4, 0.5) is 13.2 Å². The number of aliphatic hydroxyl groups excluding tert-OH is 1. The second-order valence-electron chi connectivity index (χ2n) is 10.4. The summed E-state index contributed by atoms with van der Waals surface area (Å²) < 4.78 is 63.4. The van der Waals surface area contributed by atoms with Crippen molar-refractivity contribution < 1.29 is 32.5 Å². The van der Waals surface area contributed by atoms with Crippen molar-refractivity contribution in [3.05, 3.63) is 93.1 Å². The normalized spacial score (nSPS) is 25.3. The quantitative estimate of drug-likeness (QED) is 0.247. The van der Waals surface area contributed by atoms with Crippen LogP contribution in [0.15, 0.2) is 60.1 Å². The molecule has 11 nitrogen and oxygen atoms in total. The minimum Gasteiger partial charge on any atom is -0.388 e. The van der Waals surface area contributed by atoms with Crippen molar-refractivity contribution in [2.24, 2.45) is 0 Å². The highest BCUT2D eigenvalue weighted by Crippen LogP contribution is 2.45. The van der Waals surface area contributed by atoms with Crippen LogP contribution < -0.4 is 0 Å². The minimum absolute atomic E-state index is 0.0334. The number of fused-ring (bicyclic) bond motifs is 1. The van der Waals surface area contributed by atoms with Crippen LogP contribution in [-0.2, 0) is 20.4 Å². The second kappa shape index (κ2) is 11.7. The largest absolute Gasteiger partial charge is 0.418 e. The van der Waals surface area contributed by atoms with Crippen LogP contribution in [0.25, 0.3) is 16.4 Å². The zero-order chi connectivity index (χ0) is 31.5. The van der Waals surface area contributed by atoms with Gasteiger partial charge in [0.05, 0.1) is 24.1 Å². The molecule has 0 bridgehead atoms. The number of hydrogen-bond donors (Lipinski definition) is 1. The molecule has 2 aromatic carbocycles. The van der Waals surface area contributed by atoms with E-state index in [1.165, 1.54) is 22.9 Å². The molecule has 5 heterocycles. The predicted molar refractivity (Wildman–Crippen MR) is 155 cm³/mol. The van der Waals surface area contributed by atoms with E-state index in [9.17, 15) is 18.3 Å². The number of alkyl halides is 3. The van der Waals surface area contributed by atoms with Crippen LogP contribution in [-0.4, -0.2) is 64.8 Å². The van der Waals surface area contributed by atoms with Gasteiger partial charge in [0.1, 0.15) is 52.1 Å². The smallest absolute Gasteiger partial charge is 0.388 e. The molecular weight excluding hydrogens is 658 g/mol. The Kier molecular flexibility index (Phi) is 7.88. The number of aliphatic hydroxyl groups is 1. The van der Waals surface area contributed by atoms with Crippen LogP contribution >= 0.6 is 34.5 Å². The van der Waals surface area contributed by atoms with Gasteiger partial charge in [0, 0.05) is 16.0 Å². The molecule has 0 amide bonds. The van der Waals surface area contributed by atoms with E-state index in [0.717, 1.165) is 28.4 Å². The van der Waals surface area contributed by atoms with Crippen LogP contribution in [0.5, 0.6) is 0 Å². The maximum Gasteiger partial charge on any atom is 0.418 e. The summed E-state index contributed by atoms with van der Waals surface area (Å²) in [5.41, 5.74) is -0.211. The van der Waals surface area contributed by atoms with Crippen LogP contribution in [0.3, 0.4) is 0 Å². The van der Waals surface area contributed by atoms with Crippen molar-refractivity contribution in [1.29, 1.82) is 0 Å². The number of halogens is 5. The van der Waals surface area contributed by atoms with Gasteiger partial charge in [-0.3, -0.25) is 0 Å². The van der Waals surface area contributed by atoms with Gasteiger partial charge in [-0.15, -0.1) is 16.4 Å². The summed E-state index contributed by atoms with van der Waals surface area (Å²) in [6, 6.07) is 11.4. The second-order valence-corrected chi connectivity index (χ2v) is 12.1. The van der Waals surface area contributed by atoms with Crippen LogP contribution in [0.1, 0.15) is 41.2 Å². The van der Waals surface area contributed by atoms with E-state index in [0.29, 0.717) is 15.9 Å². The number of ether oxygens (including phenoxy) is 3. The van der Waals surface area contributed by atoms with Gasteiger partial charge in [0.15, 0.2) is 12.1 Å². The molecule has 17 heteroatoms. The molecule has 0 spiro atoms. The number of rotatable bonds is 5. The monoisotopic (exact) mass is 679 g/mol. The average molecular weight is 680 g/mol. The highest BCUT2D eigenvalue weighted by Gasteiger charge is 2.53. The van der Waals surface area contributed by atoms with Gasteiger partial charge in [0.2, 0.25) is 0 Å². The molecule has 2 aliphatic rings. The Morgan fingerprint density at radius 2 is 1.87 bits per heavy atom. The SMILES string of the molecule is Cc1nc([C@@H]2OC3COC(c4ccccc4)O[C@@H]3C(n3cc(-c4nc(Cl)cs4)nn3)C2O)n(-c2cc(Cl)ccc2C(F)(F)F)n1. The predicted octanol–water partition coefficient (Wildman–Crippen LogP) is 5.77. The zero-order valence-electron chi connectivity index (χ0n) is 23.0. The first kappa shape index (κ1) is 30.2. The Morgan fingerprint density at radius 3 is 2.60 bits per heavy atom. The first-order valence-corrected chi connectivity index (χ1v) is 15.2. The van der Waals surface area contributed by atoms with Crippen molar-refractivity contribution in [2.45, 2.75) is 49.8 Å². The summed E-state index contributed by atoms with van der Waals surface area (Å²) in [6.45, 7) is 1.55. The first-order valence-electron chi connectivity index (χ1n) is 13.6. The molecule has 2 saturated heterocycles. The molecular formula is C28H22Cl2F3N7O4S. The van der Waals surface area contributed by atoms with Gasteiger partial charge in [-0.1, -0.05) is 58.7 Å². The molecule has 0 saturated carbocycles. The average Bonchev–Trinajstić information content (AvgIpc) is 3.76. The summed E-state index contributed by atoms with van der Waals surface area (Å²) in [5.74, 6) is 0.0741. The molecule has 234 valence electrons. The zero-order valence-corrected chi connectivity index (χ0v) is 25.4. The Bertz CT molecular complexity index is 1840. The van der Waals surface area contributed by atoms with Gasteiger partial charge < -0.3 is 19.3 Å². The Balaban J connectivity index is 1.31. The highest BCUT2D eigenvalue weighted by molar-refractivity contribution is 7.13. The summed E-state index contributed by atoms with van der Waals surface area (Å²) in [5, 5.41) is 27.2. The lowest BCUT2D eigenvalue weighted by Gasteiger charge is -2.47. The van der Waals surface area contributed by atoms with Gasteiger partial charge in [-0.05, 0) is 25.1 Å².